The predicted molar refractivity (Wildman–Crippen MR) is 97.7 cm³/mol. The zero-order chi connectivity index (χ0) is 19.6. The molecular formula is C19H21N3O5. The summed E-state index contributed by atoms with van der Waals surface area (Å²) in [5.74, 6) is -1.28. The lowest BCUT2D eigenvalue weighted by atomic mass is 10.1. The van der Waals surface area contributed by atoms with Crippen LogP contribution in [0.2, 0.25) is 0 Å². The van der Waals surface area contributed by atoms with Crippen molar-refractivity contribution in [3.63, 3.8) is 0 Å². The van der Waals surface area contributed by atoms with Crippen molar-refractivity contribution in [1.29, 1.82) is 0 Å². The van der Waals surface area contributed by atoms with Gasteiger partial charge in [0.25, 0.3) is 11.8 Å². The highest BCUT2D eigenvalue weighted by Gasteiger charge is 2.30. The number of hydrogen-bond donors (Lipinski definition) is 1. The summed E-state index contributed by atoms with van der Waals surface area (Å²) < 4.78 is 9.95. The number of nitrogens with two attached hydrogens (primary N) is 1. The Morgan fingerprint density at radius 1 is 1.07 bits per heavy atom. The summed E-state index contributed by atoms with van der Waals surface area (Å²) in [5, 5.41) is 0. The van der Waals surface area contributed by atoms with E-state index in [2.05, 4.69) is 4.90 Å². The van der Waals surface area contributed by atoms with Crippen LogP contribution in [-0.2, 0) is 4.74 Å². The number of primary amides is 1. The summed E-state index contributed by atoms with van der Waals surface area (Å²) in [6.45, 7) is 3.72. The van der Waals surface area contributed by atoms with Crippen LogP contribution in [0.1, 0.15) is 38.4 Å². The van der Waals surface area contributed by atoms with Crippen molar-refractivity contribution in [3.8, 4) is 0 Å². The Morgan fingerprint density at radius 3 is 2.30 bits per heavy atom. The fourth-order valence-electron chi connectivity index (χ4n) is 3.15. The van der Waals surface area contributed by atoms with E-state index in [0.717, 1.165) is 5.69 Å². The van der Waals surface area contributed by atoms with Crippen LogP contribution in [0.25, 0.3) is 0 Å². The third-order valence-electron chi connectivity index (χ3n) is 4.60. The van der Waals surface area contributed by atoms with Gasteiger partial charge in [-0.15, -0.1) is 0 Å². The Balaban J connectivity index is 1.67. The summed E-state index contributed by atoms with van der Waals surface area (Å²) in [7, 11) is 1.35. The van der Waals surface area contributed by atoms with E-state index in [0.29, 0.717) is 25.2 Å². The van der Waals surface area contributed by atoms with Gasteiger partial charge in [0, 0.05) is 31.4 Å². The normalized spacial score (nSPS) is 16.9. The number of amides is 2. The molecule has 0 saturated carbocycles. The molecule has 8 heteroatoms. The smallest absolute Gasteiger partial charge is 0.337 e. The van der Waals surface area contributed by atoms with E-state index >= 15 is 0 Å². The first kappa shape index (κ1) is 18.5. The molecule has 142 valence electrons. The molecule has 0 radical (unpaired) electrons. The maximum atomic E-state index is 12.7. The second kappa shape index (κ2) is 7.53. The van der Waals surface area contributed by atoms with Crippen LogP contribution < -0.4 is 10.6 Å². The third-order valence-corrected chi connectivity index (χ3v) is 4.60. The molecule has 2 amide bonds. The highest BCUT2D eigenvalue weighted by Crippen LogP contribution is 2.22. The number of nitrogens with zero attached hydrogens (tertiary/aromatic N) is 2. The number of methoxy groups -OCH3 is 1. The van der Waals surface area contributed by atoms with Crippen LogP contribution in [0.15, 0.2) is 40.8 Å². The average molecular weight is 371 g/mol. The molecule has 0 aliphatic carbocycles. The Morgan fingerprint density at radius 2 is 1.74 bits per heavy atom. The molecule has 1 fully saturated rings. The van der Waals surface area contributed by atoms with Crippen LogP contribution in [0.4, 0.5) is 5.69 Å². The summed E-state index contributed by atoms with van der Waals surface area (Å²) >= 11 is 0. The maximum Gasteiger partial charge on any atom is 0.337 e. The quantitative estimate of drug-likeness (QED) is 0.817. The molecule has 1 aromatic carbocycles. The number of benzene rings is 1. The van der Waals surface area contributed by atoms with Crippen LogP contribution in [0, 0.1) is 0 Å². The highest BCUT2D eigenvalue weighted by atomic mass is 16.5. The number of ether oxygens (including phenoxy) is 1. The lowest BCUT2D eigenvalue weighted by molar-refractivity contribution is 0.0598. The summed E-state index contributed by atoms with van der Waals surface area (Å²) in [6.07, 6.45) is 0. The molecular weight excluding hydrogens is 350 g/mol. The zero-order valence-electron chi connectivity index (χ0n) is 15.2. The molecule has 0 unspecified atom stereocenters. The Labute approximate surface area is 156 Å². The minimum atomic E-state index is -0.706. The second-order valence-electron chi connectivity index (χ2n) is 6.36. The summed E-state index contributed by atoms with van der Waals surface area (Å²) in [5.41, 5.74) is 6.62. The van der Waals surface area contributed by atoms with E-state index in [1.54, 1.807) is 17.0 Å². The van der Waals surface area contributed by atoms with Crippen molar-refractivity contribution in [2.24, 2.45) is 5.73 Å². The van der Waals surface area contributed by atoms with E-state index in [1.165, 1.54) is 19.2 Å². The van der Waals surface area contributed by atoms with Crippen molar-refractivity contribution in [3.05, 3.63) is 53.5 Å². The van der Waals surface area contributed by atoms with E-state index < -0.39 is 5.91 Å². The molecule has 2 heterocycles. The van der Waals surface area contributed by atoms with Gasteiger partial charge in [0.15, 0.2) is 11.5 Å². The molecule has 0 spiro atoms. The molecule has 27 heavy (non-hydrogen) atoms. The third kappa shape index (κ3) is 3.79. The first-order valence-electron chi connectivity index (χ1n) is 8.54. The Bertz CT molecular complexity index is 858. The molecule has 3 rings (SSSR count). The summed E-state index contributed by atoms with van der Waals surface area (Å²) in [4.78, 5) is 39.2. The Kier molecular flexibility index (Phi) is 5.16. The number of furan rings is 1. The maximum absolute atomic E-state index is 12.7. The van der Waals surface area contributed by atoms with Gasteiger partial charge in [-0.3, -0.25) is 9.59 Å². The van der Waals surface area contributed by atoms with Gasteiger partial charge in [-0.1, -0.05) is 0 Å². The van der Waals surface area contributed by atoms with Crippen molar-refractivity contribution in [2.45, 2.75) is 13.0 Å². The van der Waals surface area contributed by atoms with Gasteiger partial charge in [-0.25, -0.2) is 4.79 Å². The van der Waals surface area contributed by atoms with E-state index in [9.17, 15) is 14.4 Å². The van der Waals surface area contributed by atoms with Crippen LogP contribution in [-0.4, -0.2) is 55.5 Å². The monoisotopic (exact) mass is 371 g/mol. The van der Waals surface area contributed by atoms with Crippen molar-refractivity contribution in [1.82, 2.24) is 4.90 Å². The number of rotatable bonds is 4. The zero-order valence-corrected chi connectivity index (χ0v) is 15.2. The number of carbonyl (C=O) groups excluding carboxylic acids is 3. The van der Waals surface area contributed by atoms with Gasteiger partial charge in [0.1, 0.15) is 0 Å². The molecule has 0 bridgehead atoms. The number of anilines is 1. The topological polar surface area (TPSA) is 106 Å². The molecule has 1 saturated heterocycles. The molecule has 2 aromatic rings. The SMILES string of the molecule is COC(=O)c1ccc(N2CCN(C(=O)c3ccc(C(N)=O)o3)[C@@H](C)C2)cc1. The highest BCUT2D eigenvalue weighted by molar-refractivity contribution is 5.95. The minimum Gasteiger partial charge on any atom is -0.465 e. The van der Waals surface area contributed by atoms with Crippen LogP contribution in [0.3, 0.4) is 0 Å². The van der Waals surface area contributed by atoms with Crippen molar-refractivity contribution >= 4 is 23.5 Å². The fourth-order valence-corrected chi connectivity index (χ4v) is 3.15. The Hall–Kier alpha value is -3.29. The average Bonchev–Trinajstić information content (AvgIpc) is 3.17. The van der Waals surface area contributed by atoms with Gasteiger partial charge < -0.3 is 24.7 Å². The van der Waals surface area contributed by atoms with Gasteiger partial charge >= 0.3 is 5.97 Å². The van der Waals surface area contributed by atoms with Crippen LogP contribution >= 0.6 is 0 Å². The lowest BCUT2D eigenvalue weighted by Crippen LogP contribution is -2.54. The first-order valence-corrected chi connectivity index (χ1v) is 8.54. The fraction of sp³-hybridized carbons (Fsp3) is 0.316. The molecule has 2 N–H and O–H groups in total. The standard InChI is InChI=1S/C19H21N3O5/c1-12-11-21(14-5-3-13(4-6-14)19(25)26-2)9-10-22(12)18(24)16-8-7-15(27-16)17(20)23/h3-8,12H,9-11H2,1-2H3,(H2,20,23)/t12-/m0/s1. The molecule has 1 atom stereocenters. The van der Waals surface area contributed by atoms with Gasteiger partial charge in [-0.2, -0.15) is 0 Å². The lowest BCUT2D eigenvalue weighted by Gasteiger charge is -2.40. The largest absolute Gasteiger partial charge is 0.465 e. The molecule has 8 nitrogen and oxygen atoms in total. The van der Waals surface area contributed by atoms with E-state index in [-0.39, 0.29) is 29.4 Å². The second-order valence-corrected chi connectivity index (χ2v) is 6.36. The van der Waals surface area contributed by atoms with Gasteiger partial charge in [0.2, 0.25) is 0 Å². The predicted octanol–water partition coefficient (Wildman–Crippen LogP) is 1.52. The van der Waals surface area contributed by atoms with E-state index in [1.807, 2.05) is 19.1 Å². The van der Waals surface area contributed by atoms with Crippen molar-refractivity contribution < 1.29 is 23.5 Å². The molecule has 1 aromatic heterocycles. The number of piperazine rings is 1. The van der Waals surface area contributed by atoms with Crippen LogP contribution in [0.5, 0.6) is 0 Å². The number of hydrogen-bond acceptors (Lipinski definition) is 6. The van der Waals surface area contributed by atoms with E-state index in [4.69, 9.17) is 14.9 Å². The van der Waals surface area contributed by atoms with Gasteiger partial charge in [-0.05, 0) is 43.3 Å². The minimum absolute atomic E-state index is 0.0321. The molecule has 1 aliphatic heterocycles. The van der Waals surface area contributed by atoms with Crippen molar-refractivity contribution in [2.75, 3.05) is 31.6 Å². The number of carbonyl (C=O) groups is 3. The first-order chi connectivity index (χ1) is 12.9. The van der Waals surface area contributed by atoms with Gasteiger partial charge in [0.05, 0.1) is 12.7 Å². The molecule has 1 aliphatic rings. The summed E-state index contributed by atoms with van der Waals surface area (Å²) in [6, 6.07) is 9.97. The number of esters is 1.